The molecule has 8 heteroatoms. The first kappa shape index (κ1) is 21.7. The fraction of sp³-hybridized carbons (Fsp3) is 0.333. The summed E-state index contributed by atoms with van der Waals surface area (Å²) in [5.41, 5.74) is 2.19. The second kappa shape index (κ2) is 9.74. The van der Waals surface area contributed by atoms with E-state index in [-0.39, 0.29) is 11.3 Å². The average Bonchev–Trinajstić information content (AvgIpc) is 3.27. The number of methoxy groups -OCH3 is 1. The number of hydrogen-bond donors (Lipinski definition) is 1. The zero-order valence-electron chi connectivity index (χ0n) is 18.3. The Kier molecular flexibility index (Phi) is 6.61. The molecule has 4 rings (SSSR count). The quantitative estimate of drug-likeness (QED) is 0.576. The van der Waals surface area contributed by atoms with Gasteiger partial charge in [0.05, 0.1) is 7.11 Å². The Balaban J connectivity index is 1.62. The lowest BCUT2D eigenvalue weighted by atomic mass is 9.74. The van der Waals surface area contributed by atoms with Gasteiger partial charge in [-0.25, -0.2) is 0 Å². The maximum Gasteiger partial charge on any atom is 0.270 e. The van der Waals surface area contributed by atoms with E-state index >= 15 is 0 Å². The van der Waals surface area contributed by atoms with Crippen molar-refractivity contribution >= 4 is 17.7 Å². The topological polar surface area (TPSA) is 91.2 Å². The van der Waals surface area contributed by atoms with Gasteiger partial charge in [-0.3, -0.25) is 4.79 Å². The summed E-state index contributed by atoms with van der Waals surface area (Å²) in [5.74, 6) is 0.986. The van der Waals surface area contributed by atoms with Gasteiger partial charge in [0.25, 0.3) is 5.91 Å². The minimum absolute atomic E-state index is 0.175. The van der Waals surface area contributed by atoms with E-state index in [9.17, 15) is 4.79 Å². The molecule has 0 atom stereocenters. The Hall–Kier alpha value is -3.52. The molecule has 0 unspecified atom stereocenters. The van der Waals surface area contributed by atoms with Crippen LogP contribution in [-0.4, -0.2) is 53.0 Å². The predicted octanol–water partition coefficient (Wildman–Crippen LogP) is 2.85. The number of nitrogens with one attached hydrogen (secondary N) is 1. The number of ether oxygens (including phenoxy) is 2. The van der Waals surface area contributed by atoms with E-state index in [4.69, 9.17) is 9.47 Å². The van der Waals surface area contributed by atoms with Crippen LogP contribution in [0.15, 0.2) is 54.6 Å². The van der Waals surface area contributed by atoms with Gasteiger partial charge in [0.1, 0.15) is 11.4 Å². The molecule has 1 fully saturated rings. The third kappa shape index (κ3) is 4.70. The highest BCUT2D eigenvalue weighted by Crippen LogP contribution is 2.34. The van der Waals surface area contributed by atoms with Crippen molar-refractivity contribution < 1.29 is 14.3 Å². The fourth-order valence-corrected chi connectivity index (χ4v) is 4.03. The van der Waals surface area contributed by atoms with Crippen molar-refractivity contribution in [2.24, 2.45) is 0 Å². The molecule has 0 saturated carbocycles. The summed E-state index contributed by atoms with van der Waals surface area (Å²) >= 11 is 0. The minimum atomic E-state index is -0.245. The molecule has 1 saturated heterocycles. The minimum Gasteiger partial charge on any atom is -0.497 e. The number of carbonyl (C=O) groups is 1. The van der Waals surface area contributed by atoms with Crippen molar-refractivity contribution in [3.05, 3.63) is 71.5 Å². The van der Waals surface area contributed by atoms with Crippen molar-refractivity contribution in [3.63, 3.8) is 0 Å². The fourth-order valence-electron chi connectivity index (χ4n) is 4.03. The van der Waals surface area contributed by atoms with Crippen molar-refractivity contribution in [1.82, 2.24) is 25.5 Å². The Bertz CT molecular complexity index is 1090. The van der Waals surface area contributed by atoms with Gasteiger partial charge >= 0.3 is 0 Å². The first-order chi connectivity index (χ1) is 15.6. The van der Waals surface area contributed by atoms with E-state index in [0.29, 0.717) is 37.0 Å². The highest BCUT2D eigenvalue weighted by molar-refractivity contribution is 6.18. The van der Waals surface area contributed by atoms with Crippen molar-refractivity contribution in [1.29, 1.82) is 0 Å². The molecule has 1 aromatic heterocycles. The molecule has 2 heterocycles. The summed E-state index contributed by atoms with van der Waals surface area (Å²) < 4.78 is 12.4. The van der Waals surface area contributed by atoms with Crippen LogP contribution >= 0.6 is 0 Å². The Morgan fingerprint density at radius 2 is 1.97 bits per heavy atom. The van der Waals surface area contributed by atoms with Gasteiger partial charge in [0.2, 0.25) is 0 Å². The lowest BCUT2D eigenvalue weighted by Gasteiger charge is -2.38. The van der Waals surface area contributed by atoms with Gasteiger partial charge in [-0.1, -0.05) is 42.5 Å². The predicted molar refractivity (Wildman–Crippen MR) is 121 cm³/mol. The number of tetrazole rings is 1. The third-order valence-corrected chi connectivity index (χ3v) is 5.91. The van der Waals surface area contributed by atoms with Crippen LogP contribution in [-0.2, 0) is 14.9 Å². The van der Waals surface area contributed by atoms with Gasteiger partial charge in [0.15, 0.2) is 5.82 Å². The number of rotatable bonds is 7. The maximum absolute atomic E-state index is 13.4. The molecule has 0 bridgehead atoms. The van der Waals surface area contributed by atoms with Crippen LogP contribution in [0.25, 0.3) is 11.8 Å². The molecule has 0 aliphatic carbocycles. The molecule has 1 N–H and O–H groups in total. The largest absolute Gasteiger partial charge is 0.497 e. The Morgan fingerprint density at radius 3 is 2.66 bits per heavy atom. The molecule has 166 valence electrons. The van der Waals surface area contributed by atoms with E-state index in [0.717, 1.165) is 18.4 Å². The SMILES string of the molecule is COc1cccc(/C=C(/C(=O)NCC2(c3ccccc3)CCOCC2)n2nnnc2C)c1. The van der Waals surface area contributed by atoms with Gasteiger partial charge in [0, 0.05) is 25.2 Å². The zero-order chi connectivity index (χ0) is 22.4. The van der Waals surface area contributed by atoms with Gasteiger partial charge in [-0.2, -0.15) is 4.68 Å². The number of carbonyl (C=O) groups excluding carboxylic acids is 1. The van der Waals surface area contributed by atoms with E-state index in [2.05, 4.69) is 33.0 Å². The number of aryl methyl sites for hydroxylation is 1. The van der Waals surface area contributed by atoms with Gasteiger partial charge < -0.3 is 14.8 Å². The molecule has 2 aromatic carbocycles. The highest BCUT2D eigenvalue weighted by Gasteiger charge is 2.35. The molecule has 8 nitrogen and oxygen atoms in total. The van der Waals surface area contributed by atoms with E-state index in [1.807, 2.05) is 42.5 Å². The molecule has 1 amide bonds. The van der Waals surface area contributed by atoms with Crippen molar-refractivity contribution in [3.8, 4) is 5.75 Å². The summed E-state index contributed by atoms with van der Waals surface area (Å²) in [6, 6.07) is 17.8. The lowest BCUT2D eigenvalue weighted by Crippen LogP contribution is -2.45. The van der Waals surface area contributed by atoms with Crippen LogP contribution in [0.2, 0.25) is 0 Å². The highest BCUT2D eigenvalue weighted by atomic mass is 16.5. The summed E-state index contributed by atoms with van der Waals surface area (Å²) in [4.78, 5) is 13.4. The molecule has 0 radical (unpaired) electrons. The number of hydrogen-bond acceptors (Lipinski definition) is 6. The molecule has 1 aliphatic rings. The summed E-state index contributed by atoms with van der Waals surface area (Å²) in [7, 11) is 1.61. The van der Waals surface area contributed by atoms with Crippen molar-refractivity contribution in [2.45, 2.75) is 25.2 Å². The number of nitrogens with zero attached hydrogens (tertiary/aromatic N) is 4. The monoisotopic (exact) mass is 433 g/mol. The molecular formula is C24H27N5O3. The van der Waals surface area contributed by atoms with Crippen LogP contribution in [0.3, 0.4) is 0 Å². The van der Waals surface area contributed by atoms with E-state index < -0.39 is 0 Å². The summed E-state index contributed by atoms with van der Waals surface area (Å²) in [5, 5.41) is 14.8. The normalized spacial score (nSPS) is 15.9. The summed E-state index contributed by atoms with van der Waals surface area (Å²) in [6.07, 6.45) is 3.45. The molecule has 0 spiro atoms. The Morgan fingerprint density at radius 1 is 1.19 bits per heavy atom. The van der Waals surface area contributed by atoms with E-state index in [1.54, 1.807) is 20.1 Å². The zero-order valence-corrected chi connectivity index (χ0v) is 18.3. The van der Waals surface area contributed by atoms with Crippen LogP contribution in [0.5, 0.6) is 5.75 Å². The van der Waals surface area contributed by atoms with Crippen LogP contribution in [0.1, 0.15) is 29.8 Å². The van der Waals surface area contributed by atoms with E-state index in [1.165, 1.54) is 10.2 Å². The van der Waals surface area contributed by atoms with Crippen molar-refractivity contribution in [2.75, 3.05) is 26.9 Å². The van der Waals surface area contributed by atoms with Crippen LogP contribution in [0.4, 0.5) is 0 Å². The Labute approximate surface area is 187 Å². The lowest BCUT2D eigenvalue weighted by molar-refractivity contribution is -0.116. The summed E-state index contributed by atoms with van der Waals surface area (Å²) in [6.45, 7) is 3.60. The average molecular weight is 434 g/mol. The molecule has 1 aliphatic heterocycles. The second-order valence-electron chi connectivity index (χ2n) is 7.89. The van der Waals surface area contributed by atoms with Crippen LogP contribution < -0.4 is 10.1 Å². The standard InChI is InChI=1S/C24H27N5O3/c1-18-26-27-28-29(18)22(16-19-7-6-10-21(15-19)31-2)23(30)25-17-24(11-13-32-14-12-24)20-8-4-3-5-9-20/h3-10,15-16H,11-14,17H2,1-2H3,(H,25,30)/b22-16-. The smallest absolute Gasteiger partial charge is 0.270 e. The first-order valence-electron chi connectivity index (χ1n) is 10.6. The molecule has 32 heavy (non-hydrogen) atoms. The number of amides is 1. The maximum atomic E-state index is 13.4. The molecular weight excluding hydrogens is 406 g/mol. The molecule has 3 aromatic rings. The first-order valence-corrected chi connectivity index (χ1v) is 10.6. The number of aromatic nitrogens is 4. The number of benzene rings is 2. The second-order valence-corrected chi connectivity index (χ2v) is 7.89. The van der Waals surface area contributed by atoms with Gasteiger partial charge in [-0.05, 0) is 59.5 Å². The van der Waals surface area contributed by atoms with Gasteiger partial charge in [-0.15, -0.1) is 5.10 Å². The third-order valence-electron chi connectivity index (χ3n) is 5.91. The van der Waals surface area contributed by atoms with Crippen LogP contribution in [0, 0.1) is 6.92 Å².